The molecule has 4 heteroatoms. The average molecular weight is 198 g/mol. The zero-order valence-corrected chi connectivity index (χ0v) is 8.66. The topological polar surface area (TPSA) is 41.6 Å². The van der Waals surface area contributed by atoms with Crippen molar-refractivity contribution in [1.82, 2.24) is 10.4 Å². The van der Waals surface area contributed by atoms with Crippen LogP contribution in [0.15, 0.2) is 0 Å². The number of amides is 1. The molecule has 0 aromatic rings. The van der Waals surface area contributed by atoms with Crippen LogP contribution in [-0.2, 0) is 9.63 Å². The quantitative estimate of drug-likeness (QED) is 0.725. The van der Waals surface area contributed by atoms with Gasteiger partial charge >= 0.3 is 0 Å². The van der Waals surface area contributed by atoms with Crippen molar-refractivity contribution in [3.05, 3.63) is 0 Å². The molecule has 0 bridgehead atoms. The van der Waals surface area contributed by atoms with Crippen molar-refractivity contribution in [2.75, 3.05) is 13.1 Å². The lowest BCUT2D eigenvalue weighted by Gasteiger charge is -2.19. The van der Waals surface area contributed by atoms with E-state index in [2.05, 4.69) is 12.2 Å². The molecule has 1 amide bonds. The second kappa shape index (κ2) is 4.28. The number of nitrogens with zero attached hydrogens (tertiary/aromatic N) is 1. The van der Waals surface area contributed by atoms with Gasteiger partial charge in [-0.05, 0) is 25.8 Å². The molecule has 2 atom stereocenters. The van der Waals surface area contributed by atoms with Gasteiger partial charge in [0.15, 0.2) is 0 Å². The van der Waals surface area contributed by atoms with Crippen molar-refractivity contribution >= 4 is 5.91 Å². The molecule has 2 heterocycles. The van der Waals surface area contributed by atoms with E-state index in [1.54, 1.807) is 5.06 Å². The minimum Gasteiger partial charge on any atom is -0.312 e. The summed E-state index contributed by atoms with van der Waals surface area (Å²) in [5, 5.41) is 4.92. The number of hydrogen-bond donors (Lipinski definition) is 1. The van der Waals surface area contributed by atoms with Crippen molar-refractivity contribution in [1.29, 1.82) is 0 Å². The molecule has 2 fully saturated rings. The van der Waals surface area contributed by atoms with Gasteiger partial charge in [-0.15, -0.1) is 0 Å². The lowest BCUT2D eigenvalue weighted by atomic mass is 10.2. The molecule has 2 aliphatic heterocycles. The van der Waals surface area contributed by atoms with Crippen molar-refractivity contribution in [3.63, 3.8) is 0 Å². The van der Waals surface area contributed by atoms with Gasteiger partial charge in [-0.25, -0.2) is 5.06 Å². The third-order valence-corrected chi connectivity index (χ3v) is 2.96. The van der Waals surface area contributed by atoms with E-state index in [9.17, 15) is 4.79 Å². The summed E-state index contributed by atoms with van der Waals surface area (Å²) >= 11 is 0. The first kappa shape index (κ1) is 9.93. The van der Waals surface area contributed by atoms with Gasteiger partial charge < -0.3 is 5.32 Å². The van der Waals surface area contributed by atoms with Gasteiger partial charge in [0.05, 0.1) is 19.1 Å². The maximum Gasteiger partial charge on any atom is 0.248 e. The van der Waals surface area contributed by atoms with E-state index in [0.29, 0.717) is 12.5 Å². The van der Waals surface area contributed by atoms with E-state index in [1.807, 2.05) is 0 Å². The summed E-state index contributed by atoms with van der Waals surface area (Å²) < 4.78 is 0. The molecular formula is C10H18N2O2. The molecular weight excluding hydrogens is 180 g/mol. The summed E-state index contributed by atoms with van der Waals surface area (Å²) in [7, 11) is 0. The van der Waals surface area contributed by atoms with Crippen LogP contribution >= 0.6 is 0 Å². The largest absolute Gasteiger partial charge is 0.312 e. The van der Waals surface area contributed by atoms with E-state index in [1.165, 1.54) is 6.42 Å². The smallest absolute Gasteiger partial charge is 0.248 e. The highest BCUT2D eigenvalue weighted by Gasteiger charge is 2.31. The summed E-state index contributed by atoms with van der Waals surface area (Å²) in [6.45, 7) is 3.84. The fraction of sp³-hybridized carbons (Fsp3) is 0.900. The number of hydroxylamine groups is 2. The van der Waals surface area contributed by atoms with Crippen LogP contribution < -0.4 is 5.32 Å². The molecule has 2 unspecified atom stereocenters. The van der Waals surface area contributed by atoms with Gasteiger partial charge in [0.1, 0.15) is 0 Å². The van der Waals surface area contributed by atoms with Crippen molar-refractivity contribution in [2.24, 2.45) is 0 Å². The summed E-state index contributed by atoms with van der Waals surface area (Å²) in [6.07, 6.45) is 3.96. The second-order valence-corrected chi connectivity index (χ2v) is 4.09. The Morgan fingerprint density at radius 1 is 1.64 bits per heavy atom. The minimum atomic E-state index is 0.115. The van der Waals surface area contributed by atoms with Crippen molar-refractivity contribution in [3.8, 4) is 0 Å². The maximum atomic E-state index is 11.5. The Balaban J connectivity index is 1.82. The Labute approximate surface area is 84.6 Å². The normalized spacial score (nSPS) is 32.9. The standard InChI is InChI=1S/C10H18N2O2/c1-2-9-6-10(13)12(14-9)7-8-4-3-5-11-8/h8-9,11H,2-7H2,1H3. The Kier molecular flexibility index (Phi) is 3.03. The van der Waals surface area contributed by atoms with Gasteiger partial charge in [-0.3, -0.25) is 9.63 Å². The summed E-state index contributed by atoms with van der Waals surface area (Å²) in [4.78, 5) is 17.0. The number of rotatable bonds is 3. The van der Waals surface area contributed by atoms with Gasteiger partial charge in [-0.1, -0.05) is 6.92 Å². The van der Waals surface area contributed by atoms with E-state index >= 15 is 0 Å². The Morgan fingerprint density at radius 2 is 2.50 bits per heavy atom. The first-order valence-corrected chi connectivity index (χ1v) is 5.50. The van der Waals surface area contributed by atoms with Gasteiger partial charge in [-0.2, -0.15) is 0 Å². The summed E-state index contributed by atoms with van der Waals surface area (Å²) in [6, 6.07) is 0.439. The first-order chi connectivity index (χ1) is 6.79. The fourth-order valence-corrected chi connectivity index (χ4v) is 2.05. The van der Waals surface area contributed by atoms with E-state index in [0.717, 1.165) is 25.9 Å². The molecule has 80 valence electrons. The third-order valence-electron chi connectivity index (χ3n) is 2.96. The number of carbonyl (C=O) groups excluding carboxylic acids is 1. The lowest BCUT2D eigenvalue weighted by molar-refractivity contribution is -0.174. The zero-order valence-electron chi connectivity index (χ0n) is 8.66. The number of carbonyl (C=O) groups is 1. The van der Waals surface area contributed by atoms with Crippen LogP contribution in [0.3, 0.4) is 0 Å². The average Bonchev–Trinajstić information content (AvgIpc) is 2.78. The van der Waals surface area contributed by atoms with E-state index < -0.39 is 0 Å². The highest BCUT2D eigenvalue weighted by molar-refractivity contribution is 5.77. The maximum absolute atomic E-state index is 11.5. The Morgan fingerprint density at radius 3 is 3.07 bits per heavy atom. The predicted molar refractivity (Wildman–Crippen MR) is 52.5 cm³/mol. The van der Waals surface area contributed by atoms with Crippen LogP contribution in [0.1, 0.15) is 32.6 Å². The number of hydrogen-bond acceptors (Lipinski definition) is 3. The highest BCUT2D eigenvalue weighted by atomic mass is 16.7. The van der Waals surface area contributed by atoms with Crippen LogP contribution in [-0.4, -0.2) is 36.2 Å². The van der Waals surface area contributed by atoms with Crippen LogP contribution in [0.25, 0.3) is 0 Å². The van der Waals surface area contributed by atoms with Gasteiger partial charge in [0.25, 0.3) is 0 Å². The molecule has 0 radical (unpaired) electrons. The predicted octanol–water partition coefficient (Wildman–Crippen LogP) is 0.681. The Bertz CT molecular complexity index is 214. The van der Waals surface area contributed by atoms with Crippen LogP contribution in [0, 0.1) is 0 Å². The Hall–Kier alpha value is -0.610. The molecule has 1 N–H and O–H groups in total. The van der Waals surface area contributed by atoms with Crippen LogP contribution in [0.2, 0.25) is 0 Å². The molecule has 2 saturated heterocycles. The minimum absolute atomic E-state index is 0.115. The van der Waals surface area contributed by atoms with Gasteiger partial charge in [0, 0.05) is 6.04 Å². The van der Waals surface area contributed by atoms with Crippen molar-refractivity contribution in [2.45, 2.75) is 44.8 Å². The molecule has 2 aliphatic rings. The highest BCUT2D eigenvalue weighted by Crippen LogP contribution is 2.19. The van der Waals surface area contributed by atoms with Crippen LogP contribution in [0.5, 0.6) is 0 Å². The first-order valence-electron chi connectivity index (χ1n) is 5.50. The van der Waals surface area contributed by atoms with Crippen LogP contribution in [0.4, 0.5) is 0 Å². The zero-order chi connectivity index (χ0) is 9.97. The van der Waals surface area contributed by atoms with Crippen molar-refractivity contribution < 1.29 is 9.63 Å². The molecule has 0 spiro atoms. The van der Waals surface area contributed by atoms with E-state index in [4.69, 9.17) is 4.84 Å². The molecule has 4 nitrogen and oxygen atoms in total. The molecule has 0 aromatic carbocycles. The number of nitrogens with one attached hydrogen (secondary N) is 1. The van der Waals surface area contributed by atoms with Gasteiger partial charge in [0.2, 0.25) is 5.91 Å². The second-order valence-electron chi connectivity index (χ2n) is 4.09. The SMILES string of the molecule is CCC1CC(=O)N(CC2CCCN2)O1. The summed E-state index contributed by atoms with van der Waals surface area (Å²) in [5.41, 5.74) is 0. The fourth-order valence-electron chi connectivity index (χ4n) is 2.05. The monoisotopic (exact) mass is 198 g/mol. The molecule has 14 heavy (non-hydrogen) atoms. The molecule has 0 saturated carbocycles. The lowest BCUT2D eigenvalue weighted by Crippen LogP contribution is -2.37. The molecule has 0 aliphatic carbocycles. The molecule has 2 rings (SSSR count). The van der Waals surface area contributed by atoms with E-state index in [-0.39, 0.29) is 12.0 Å². The summed E-state index contributed by atoms with van der Waals surface area (Å²) in [5.74, 6) is 0.144. The molecule has 0 aromatic heterocycles. The third kappa shape index (κ3) is 2.07.